The fourth-order valence-corrected chi connectivity index (χ4v) is 5.78. The molecule has 0 aliphatic rings. The van der Waals surface area contributed by atoms with Crippen molar-refractivity contribution >= 4 is 29.0 Å². The fourth-order valence-electron chi connectivity index (χ4n) is 5.78. The highest BCUT2D eigenvalue weighted by Crippen LogP contribution is 2.30. The highest BCUT2D eigenvalue weighted by molar-refractivity contribution is 6.00. The molecule has 0 saturated heterocycles. The van der Waals surface area contributed by atoms with Gasteiger partial charge in [-0.3, -0.25) is 9.59 Å². The summed E-state index contributed by atoms with van der Waals surface area (Å²) in [7, 11) is 0. The van der Waals surface area contributed by atoms with Crippen molar-refractivity contribution in [3.63, 3.8) is 0 Å². The fraction of sp³-hybridized carbons (Fsp3) is 0.244. The lowest BCUT2D eigenvalue weighted by molar-refractivity contribution is -0.177. The molecule has 58 heavy (non-hydrogen) atoms. The molecule has 15 nitrogen and oxygen atoms in total. The molecule has 0 radical (unpaired) electrons. The van der Waals surface area contributed by atoms with E-state index in [0.29, 0.717) is 53.7 Å². The second kappa shape index (κ2) is 19.7. The molecule has 2 aromatic heterocycles. The van der Waals surface area contributed by atoms with E-state index in [2.05, 4.69) is 41.0 Å². The monoisotopic (exact) mass is 793 g/mol. The Labute approximate surface area is 334 Å². The van der Waals surface area contributed by atoms with E-state index in [1.54, 1.807) is 41.0 Å². The van der Waals surface area contributed by atoms with E-state index in [4.69, 9.17) is 16.2 Å². The standard InChI is InChI=1S/C21H24N6O2.C20H21F2N5O2/c1-3-19(28)27(17-11-7-10-16(12-17)21(24-22)25-23)13-18-14(2)26-29-20(18)15-8-5-4-6-9-15;1-3-18(28)27(16-7-5-6-15(12-16)19-23-25-26-24-19)13-14-8-10-17(11-9-14)29-20(21,22)4-2/h4-12H,3,13,22-23H2,1-2H3,(H,24,25);5-12H,3-4,13H2,1-2H3,(H,23,24,25,26). The quantitative estimate of drug-likeness (QED) is 0.0387. The number of carbonyl (C=O) groups is 2. The van der Waals surface area contributed by atoms with Gasteiger partial charge < -0.3 is 30.3 Å². The Morgan fingerprint density at radius 2 is 1.50 bits per heavy atom. The maximum atomic E-state index is 13.4. The number of hydrazine groups is 1. The number of alkyl halides is 2. The Bertz CT molecular complexity index is 2280. The van der Waals surface area contributed by atoms with Crippen molar-refractivity contribution in [3.8, 4) is 28.5 Å². The van der Waals surface area contributed by atoms with Crippen LogP contribution < -0.4 is 31.6 Å². The maximum absolute atomic E-state index is 13.4. The second-order valence-electron chi connectivity index (χ2n) is 12.8. The summed E-state index contributed by atoms with van der Waals surface area (Å²) in [4.78, 5) is 28.7. The number of amidine groups is 1. The van der Waals surface area contributed by atoms with Crippen LogP contribution in [0.5, 0.6) is 5.75 Å². The largest absolute Gasteiger partial charge is 0.433 e. The summed E-state index contributed by atoms with van der Waals surface area (Å²) in [5, 5.41) is 21.6. The van der Waals surface area contributed by atoms with Crippen LogP contribution in [-0.2, 0) is 22.7 Å². The number of aromatic amines is 1. The minimum absolute atomic E-state index is 0.0336. The molecule has 6 aromatic rings. The maximum Gasteiger partial charge on any atom is 0.397 e. The molecule has 0 atom stereocenters. The van der Waals surface area contributed by atoms with Gasteiger partial charge in [-0.25, -0.2) is 5.84 Å². The molecule has 0 unspecified atom stereocenters. The lowest BCUT2D eigenvalue weighted by Crippen LogP contribution is -2.33. The van der Waals surface area contributed by atoms with Crippen LogP contribution in [0.3, 0.4) is 0 Å². The number of halogens is 2. The zero-order valence-electron chi connectivity index (χ0n) is 32.5. The summed E-state index contributed by atoms with van der Waals surface area (Å²) in [6, 6.07) is 30.5. The SMILES string of the molecule is CCC(=O)N(Cc1c(C)noc1-c1ccccc1)c1cccc(/C(=N/N)NN)c1.CCC(=O)N(Cc1ccc(OC(F)(F)CC)cc1)c1cccc(-c2nn[nH]n2)c1. The topological polar surface area (TPSA) is 207 Å². The van der Waals surface area contributed by atoms with Crippen LogP contribution >= 0.6 is 0 Å². The van der Waals surface area contributed by atoms with E-state index >= 15 is 0 Å². The van der Waals surface area contributed by atoms with Crippen LogP contribution in [0.2, 0.25) is 0 Å². The first-order valence-corrected chi connectivity index (χ1v) is 18.5. The van der Waals surface area contributed by atoms with Gasteiger partial charge in [0.2, 0.25) is 17.6 Å². The molecule has 0 aliphatic carbocycles. The first kappa shape index (κ1) is 42.1. The molecule has 2 heterocycles. The molecule has 0 fully saturated rings. The summed E-state index contributed by atoms with van der Waals surface area (Å²) in [5.74, 6) is 12.2. The van der Waals surface area contributed by atoms with Crippen molar-refractivity contribution < 1.29 is 27.6 Å². The molecular weight excluding hydrogens is 749 g/mol. The van der Waals surface area contributed by atoms with Crippen LogP contribution in [0.15, 0.2) is 113 Å². The minimum Gasteiger partial charge on any atom is -0.433 e. The first-order chi connectivity index (χ1) is 28.0. The van der Waals surface area contributed by atoms with Gasteiger partial charge in [0.1, 0.15) is 5.75 Å². The summed E-state index contributed by atoms with van der Waals surface area (Å²) in [6.45, 7) is 7.43. The van der Waals surface area contributed by atoms with Gasteiger partial charge in [0.05, 0.1) is 18.8 Å². The lowest BCUT2D eigenvalue weighted by Gasteiger charge is -2.23. The average Bonchev–Trinajstić information content (AvgIpc) is 3.93. The predicted octanol–water partition coefficient (Wildman–Crippen LogP) is 6.87. The number of rotatable bonds is 14. The smallest absolute Gasteiger partial charge is 0.397 e. The molecule has 0 saturated carbocycles. The number of aryl methyl sites for hydroxylation is 1. The van der Waals surface area contributed by atoms with Crippen molar-refractivity contribution in [3.05, 3.63) is 126 Å². The summed E-state index contributed by atoms with van der Waals surface area (Å²) in [6.07, 6.45) is -2.95. The third-order valence-corrected chi connectivity index (χ3v) is 8.95. The number of nitrogens with one attached hydrogen (secondary N) is 2. The van der Waals surface area contributed by atoms with Gasteiger partial charge in [0, 0.05) is 52.9 Å². The lowest BCUT2D eigenvalue weighted by atomic mass is 10.1. The minimum atomic E-state index is -3.21. The van der Waals surface area contributed by atoms with Gasteiger partial charge in [-0.2, -0.15) is 19.1 Å². The van der Waals surface area contributed by atoms with E-state index in [0.717, 1.165) is 27.9 Å². The van der Waals surface area contributed by atoms with E-state index in [-0.39, 0.29) is 24.1 Å². The molecule has 6 rings (SSSR count). The van der Waals surface area contributed by atoms with E-state index < -0.39 is 12.5 Å². The number of nitrogens with zero attached hydrogens (tertiary/aromatic N) is 7. The molecular formula is C41H45F2N11O4. The number of carbonyl (C=O) groups excluding carboxylic acids is 2. The number of ether oxygens (including phenoxy) is 1. The summed E-state index contributed by atoms with van der Waals surface area (Å²) >= 11 is 0. The van der Waals surface area contributed by atoms with Crippen LogP contribution in [0.25, 0.3) is 22.7 Å². The number of benzene rings is 4. The number of hydrogen-bond donors (Lipinski definition) is 4. The Morgan fingerprint density at radius 1 is 0.862 bits per heavy atom. The number of amides is 2. The third kappa shape index (κ3) is 10.6. The number of H-pyrrole nitrogens is 1. The van der Waals surface area contributed by atoms with Crippen molar-refractivity contribution in [2.75, 3.05) is 9.80 Å². The van der Waals surface area contributed by atoms with E-state index in [9.17, 15) is 18.4 Å². The zero-order valence-corrected chi connectivity index (χ0v) is 32.5. The number of hydrogen-bond acceptors (Lipinski definition) is 11. The number of hydrazone groups is 1. The Kier molecular flexibility index (Phi) is 14.3. The van der Waals surface area contributed by atoms with Gasteiger partial charge in [0.25, 0.3) is 0 Å². The molecule has 2 amide bonds. The first-order valence-electron chi connectivity index (χ1n) is 18.5. The van der Waals surface area contributed by atoms with Crippen LogP contribution in [0, 0.1) is 6.92 Å². The average molecular weight is 794 g/mol. The molecule has 17 heteroatoms. The van der Waals surface area contributed by atoms with Crippen LogP contribution in [-0.4, -0.2) is 49.5 Å². The zero-order chi connectivity index (χ0) is 41.7. The number of aromatic nitrogens is 5. The highest BCUT2D eigenvalue weighted by atomic mass is 19.3. The van der Waals surface area contributed by atoms with Crippen molar-refractivity contribution in [1.29, 1.82) is 0 Å². The number of anilines is 2. The molecule has 0 bridgehead atoms. The van der Waals surface area contributed by atoms with E-state index in [1.165, 1.54) is 19.1 Å². The number of nitrogens with two attached hydrogens (primary N) is 2. The van der Waals surface area contributed by atoms with Gasteiger partial charge in [-0.05, 0) is 54.1 Å². The van der Waals surface area contributed by atoms with Gasteiger partial charge in [-0.15, -0.1) is 10.2 Å². The van der Waals surface area contributed by atoms with Crippen molar-refractivity contribution in [2.45, 2.75) is 66.2 Å². The Balaban J connectivity index is 0.000000221. The number of tetrazole rings is 1. The molecule has 302 valence electrons. The van der Waals surface area contributed by atoms with Gasteiger partial charge in [-0.1, -0.05) is 92.7 Å². The third-order valence-electron chi connectivity index (χ3n) is 8.95. The van der Waals surface area contributed by atoms with E-state index in [1.807, 2.05) is 80.6 Å². The highest BCUT2D eigenvalue weighted by Gasteiger charge is 2.28. The molecule has 4 aromatic carbocycles. The van der Waals surface area contributed by atoms with Crippen LogP contribution in [0.4, 0.5) is 20.2 Å². The van der Waals surface area contributed by atoms with Crippen LogP contribution in [0.1, 0.15) is 62.4 Å². The molecule has 6 N–H and O–H groups in total. The van der Waals surface area contributed by atoms with Crippen molar-refractivity contribution in [2.24, 2.45) is 16.8 Å². The molecule has 0 spiro atoms. The Morgan fingerprint density at radius 3 is 2.10 bits per heavy atom. The normalized spacial score (nSPS) is 11.3. The molecule has 0 aliphatic heterocycles. The summed E-state index contributed by atoms with van der Waals surface area (Å²) < 4.78 is 37.0. The predicted molar refractivity (Wildman–Crippen MR) is 216 cm³/mol. The van der Waals surface area contributed by atoms with Crippen molar-refractivity contribution in [1.82, 2.24) is 31.2 Å². The van der Waals surface area contributed by atoms with Gasteiger partial charge >= 0.3 is 6.11 Å². The van der Waals surface area contributed by atoms with Gasteiger partial charge in [0.15, 0.2) is 11.6 Å². The summed E-state index contributed by atoms with van der Waals surface area (Å²) in [5.41, 5.74) is 8.51. The Hall–Kier alpha value is -7.01. The second-order valence-corrected chi connectivity index (χ2v) is 12.8.